The van der Waals surface area contributed by atoms with Crippen molar-refractivity contribution in [1.29, 1.82) is 0 Å². The molecule has 0 heterocycles. The summed E-state index contributed by atoms with van der Waals surface area (Å²) in [5.41, 5.74) is 8.52. The molecule has 0 aliphatic heterocycles. The summed E-state index contributed by atoms with van der Waals surface area (Å²) in [7, 11) is 0. The Bertz CT molecular complexity index is 835. The second-order valence-corrected chi connectivity index (χ2v) is 6.32. The van der Waals surface area contributed by atoms with Gasteiger partial charge in [-0.2, -0.15) is 0 Å². The molecule has 0 N–H and O–H groups in total. The average molecular weight is 304 g/mol. The van der Waals surface area contributed by atoms with Crippen molar-refractivity contribution in [1.82, 2.24) is 0 Å². The maximum atomic E-state index is 13.8. The van der Waals surface area contributed by atoms with Crippen LogP contribution in [0.1, 0.15) is 22.3 Å². The first-order chi connectivity index (χ1) is 11.0. The van der Waals surface area contributed by atoms with Crippen LogP contribution in [0.5, 0.6) is 0 Å². The molecule has 0 aromatic heterocycles. The minimum absolute atomic E-state index is 0.109. The standard InChI is InChI=1S/C22H21F/c1-14-5-7-18(8-6-14)19-9-10-21(15(2)11-19)20-12-16(3)22(23)17(4)13-20/h5-13H,1-4H3. The molecule has 23 heavy (non-hydrogen) atoms. The van der Waals surface area contributed by atoms with Gasteiger partial charge in [-0.3, -0.25) is 0 Å². The predicted molar refractivity (Wildman–Crippen MR) is 96.2 cm³/mol. The van der Waals surface area contributed by atoms with Gasteiger partial charge in [-0.15, -0.1) is 0 Å². The van der Waals surface area contributed by atoms with E-state index in [0.717, 1.165) is 11.1 Å². The van der Waals surface area contributed by atoms with Gasteiger partial charge in [0.2, 0.25) is 0 Å². The lowest BCUT2D eigenvalue weighted by Crippen LogP contribution is -1.92. The molecular weight excluding hydrogens is 283 g/mol. The highest BCUT2D eigenvalue weighted by molar-refractivity contribution is 5.74. The maximum Gasteiger partial charge on any atom is 0.129 e. The Morgan fingerprint density at radius 1 is 0.565 bits per heavy atom. The molecule has 0 radical (unpaired) electrons. The summed E-state index contributed by atoms with van der Waals surface area (Å²) in [5, 5.41) is 0. The summed E-state index contributed by atoms with van der Waals surface area (Å²) in [6.45, 7) is 7.85. The topological polar surface area (TPSA) is 0 Å². The minimum atomic E-state index is -0.109. The summed E-state index contributed by atoms with van der Waals surface area (Å²) >= 11 is 0. The van der Waals surface area contributed by atoms with Gasteiger partial charge in [-0.1, -0.05) is 48.0 Å². The van der Waals surface area contributed by atoms with Gasteiger partial charge in [0.1, 0.15) is 5.82 Å². The van der Waals surface area contributed by atoms with E-state index >= 15 is 0 Å². The van der Waals surface area contributed by atoms with E-state index in [-0.39, 0.29) is 5.82 Å². The fourth-order valence-corrected chi connectivity index (χ4v) is 3.01. The molecule has 0 fully saturated rings. The van der Waals surface area contributed by atoms with Crippen LogP contribution in [0, 0.1) is 33.5 Å². The summed E-state index contributed by atoms with van der Waals surface area (Å²) in [5.74, 6) is -0.109. The van der Waals surface area contributed by atoms with Gasteiger partial charge >= 0.3 is 0 Å². The highest BCUT2D eigenvalue weighted by Crippen LogP contribution is 2.30. The van der Waals surface area contributed by atoms with Crippen molar-refractivity contribution in [3.8, 4) is 22.3 Å². The van der Waals surface area contributed by atoms with Gasteiger partial charge in [-0.05, 0) is 78.8 Å². The lowest BCUT2D eigenvalue weighted by Gasteiger charge is -2.12. The molecule has 0 saturated heterocycles. The molecule has 3 rings (SSSR count). The molecule has 0 amide bonds. The van der Waals surface area contributed by atoms with Crippen LogP contribution in [0.15, 0.2) is 54.6 Å². The number of aryl methyl sites for hydroxylation is 4. The van der Waals surface area contributed by atoms with Crippen LogP contribution in [0.2, 0.25) is 0 Å². The monoisotopic (exact) mass is 304 g/mol. The third-order valence-corrected chi connectivity index (χ3v) is 4.36. The van der Waals surface area contributed by atoms with Crippen molar-refractivity contribution in [2.75, 3.05) is 0 Å². The van der Waals surface area contributed by atoms with Gasteiger partial charge in [0.05, 0.1) is 0 Å². The van der Waals surface area contributed by atoms with Crippen LogP contribution < -0.4 is 0 Å². The second kappa shape index (κ2) is 6.00. The Balaban J connectivity index is 2.04. The number of benzene rings is 3. The van der Waals surface area contributed by atoms with Gasteiger partial charge in [0, 0.05) is 0 Å². The summed E-state index contributed by atoms with van der Waals surface area (Å²) in [4.78, 5) is 0. The molecule has 1 heteroatoms. The second-order valence-electron chi connectivity index (χ2n) is 6.32. The van der Waals surface area contributed by atoms with Crippen molar-refractivity contribution in [3.05, 3.63) is 82.7 Å². The third kappa shape index (κ3) is 3.05. The van der Waals surface area contributed by atoms with E-state index < -0.39 is 0 Å². The van der Waals surface area contributed by atoms with Gasteiger partial charge < -0.3 is 0 Å². The fourth-order valence-electron chi connectivity index (χ4n) is 3.01. The summed E-state index contributed by atoms with van der Waals surface area (Å²) < 4.78 is 13.8. The first-order valence-electron chi connectivity index (χ1n) is 7.90. The van der Waals surface area contributed by atoms with E-state index in [2.05, 4.69) is 56.3 Å². The zero-order valence-corrected chi connectivity index (χ0v) is 14.1. The largest absolute Gasteiger partial charge is 0.206 e. The highest BCUT2D eigenvalue weighted by Gasteiger charge is 2.09. The average Bonchev–Trinajstić information content (AvgIpc) is 2.53. The zero-order valence-electron chi connectivity index (χ0n) is 14.1. The molecule has 0 unspecified atom stereocenters. The van der Waals surface area contributed by atoms with Crippen molar-refractivity contribution in [2.24, 2.45) is 0 Å². The Morgan fingerprint density at radius 3 is 1.65 bits per heavy atom. The van der Waals surface area contributed by atoms with Crippen molar-refractivity contribution >= 4 is 0 Å². The highest BCUT2D eigenvalue weighted by atomic mass is 19.1. The third-order valence-electron chi connectivity index (χ3n) is 4.36. The molecule has 0 aliphatic rings. The van der Waals surface area contributed by atoms with E-state index in [0.29, 0.717) is 11.1 Å². The number of hydrogen-bond acceptors (Lipinski definition) is 0. The van der Waals surface area contributed by atoms with E-state index in [1.807, 2.05) is 26.0 Å². The van der Waals surface area contributed by atoms with E-state index in [9.17, 15) is 4.39 Å². The summed E-state index contributed by atoms with van der Waals surface area (Å²) in [6.07, 6.45) is 0. The Hall–Kier alpha value is -2.41. The molecule has 0 atom stereocenters. The molecule has 0 nitrogen and oxygen atoms in total. The van der Waals surface area contributed by atoms with Crippen LogP contribution in [0.3, 0.4) is 0 Å². The molecular formula is C22H21F. The number of rotatable bonds is 2. The Kier molecular flexibility index (Phi) is 4.04. The molecule has 0 bridgehead atoms. The smallest absolute Gasteiger partial charge is 0.129 e. The molecule has 116 valence electrons. The summed E-state index contributed by atoms with van der Waals surface area (Å²) in [6, 6.07) is 18.9. The lowest BCUT2D eigenvalue weighted by molar-refractivity contribution is 0.609. The van der Waals surface area contributed by atoms with Crippen molar-refractivity contribution in [2.45, 2.75) is 27.7 Å². The van der Waals surface area contributed by atoms with Crippen molar-refractivity contribution < 1.29 is 4.39 Å². The van der Waals surface area contributed by atoms with Crippen LogP contribution in [-0.2, 0) is 0 Å². The number of halogens is 1. The minimum Gasteiger partial charge on any atom is -0.206 e. The normalized spacial score (nSPS) is 10.8. The first kappa shape index (κ1) is 15.5. The van der Waals surface area contributed by atoms with Crippen molar-refractivity contribution in [3.63, 3.8) is 0 Å². The predicted octanol–water partition coefficient (Wildman–Crippen LogP) is 6.39. The molecule has 3 aromatic carbocycles. The fraction of sp³-hybridized carbons (Fsp3) is 0.182. The molecule has 0 aliphatic carbocycles. The van der Waals surface area contributed by atoms with Gasteiger partial charge in [0.15, 0.2) is 0 Å². The molecule has 3 aromatic rings. The SMILES string of the molecule is Cc1ccc(-c2ccc(-c3cc(C)c(F)c(C)c3)c(C)c2)cc1. The van der Waals surface area contributed by atoms with Crippen LogP contribution >= 0.6 is 0 Å². The Labute approximate surface area is 137 Å². The Morgan fingerprint density at radius 2 is 1.09 bits per heavy atom. The van der Waals surface area contributed by atoms with Gasteiger partial charge in [-0.25, -0.2) is 4.39 Å². The zero-order chi connectivity index (χ0) is 16.6. The van der Waals surface area contributed by atoms with E-state index in [1.165, 1.54) is 22.3 Å². The lowest BCUT2D eigenvalue weighted by atomic mass is 9.93. The quantitative estimate of drug-likeness (QED) is 0.514. The van der Waals surface area contributed by atoms with Crippen LogP contribution in [0.25, 0.3) is 22.3 Å². The van der Waals surface area contributed by atoms with Gasteiger partial charge in [0.25, 0.3) is 0 Å². The first-order valence-corrected chi connectivity index (χ1v) is 7.90. The maximum absolute atomic E-state index is 13.8. The van der Waals surface area contributed by atoms with Crippen LogP contribution in [0.4, 0.5) is 4.39 Å². The van der Waals surface area contributed by atoms with E-state index in [1.54, 1.807) is 0 Å². The molecule has 0 spiro atoms. The van der Waals surface area contributed by atoms with E-state index in [4.69, 9.17) is 0 Å². The number of hydrogen-bond donors (Lipinski definition) is 0. The van der Waals surface area contributed by atoms with Crippen LogP contribution in [-0.4, -0.2) is 0 Å². The molecule has 0 saturated carbocycles.